The molecule has 0 aliphatic carbocycles. The third-order valence-corrected chi connectivity index (χ3v) is 5.95. The van der Waals surface area contributed by atoms with Gasteiger partial charge in [0.1, 0.15) is 5.82 Å². The Morgan fingerprint density at radius 2 is 1.97 bits per heavy atom. The molecule has 3 aromatic rings. The van der Waals surface area contributed by atoms with Crippen LogP contribution in [-0.4, -0.2) is 52.3 Å². The second-order valence-corrected chi connectivity index (χ2v) is 8.55. The second kappa shape index (κ2) is 10.3. The summed E-state index contributed by atoms with van der Waals surface area (Å²) in [6.07, 6.45) is 2.88. The molecular formula is C23H25FN4O3S. The number of halogens is 1. The lowest BCUT2D eigenvalue weighted by Gasteiger charge is -2.29. The largest absolute Gasteiger partial charge is 0.368 e. The van der Waals surface area contributed by atoms with Crippen LogP contribution in [0.2, 0.25) is 0 Å². The fourth-order valence-corrected chi connectivity index (χ4v) is 4.22. The van der Waals surface area contributed by atoms with Crippen molar-refractivity contribution in [2.45, 2.75) is 12.8 Å². The zero-order valence-corrected chi connectivity index (χ0v) is 18.3. The highest BCUT2D eigenvalue weighted by Gasteiger charge is 2.15. The molecule has 2 heterocycles. The summed E-state index contributed by atoms with van der Waals surface area (Å²) in [4.78, 5) is 19.9. The summed E-state index contributed by atoms with van der Waals surface area (Å²) in [5.41, 5.74) is 3.25. The van der Waals surface area contributed by atoms with Crippen LogP contribution in [0.4, 0.5) is 10.1 Å². The van der Waals surface area contributed by atoms with E-state index < -0.39 is 17.1 Å². The van der Waals surface area contributed by atoms with E-state index in [0.29, 0.717) is 30.5 Å². The first-order valence-corrected chi connectivity index (χ1v) is 11.6. The van der Waals surface area contributed by atoms with Crippen LogP contribution in [0.5, 0.6) is 0 Å². The van der Waals surface area contributed by atoms with Gasteiger partial charge >= 0.3 is 0 Å². The lowest BCUT2D eigenvalue weighted by atomic mass is 9.98. The number of ketones is 1. The number of carbonyl (C=O) groups excluding carboxylic acids is 1. The van der Waals surface area contributed by atoms with E-state index in [1.54, 1.807) is 18.2 Å². The van der Waals surface area contributed by atoms with Crippen molar-refractivity contribution in [1.82, 2.24) is 15.0 Å². The average Bonchev–Trinajstić information content (AvgIpc) is 2.81. The molecule has 0 bridgehead atoms. The van der Waals surface area contributed by atoms with E-state index in [9.17, 15) is 13.4 Å². The van der Waals surface area contributed by atoms with E-state index in [2.05, 4.69) is 19.9 Å². The number of nitrogens with zero attached hydrogens (tertiary/aromatic N) is 2. The van der Waals surface area contributed by atoms with Gasteiger partial charge in [-0.1, -0.05) is 0 Å². The SMILES string of the molecule is O=C(c1cc(F)cc(CCCNS(=O)O)c1)c1ccc2ncc(N3CCNCC3)cc2c1. The van der Waals surface area contributed by atoms with Crippen molar-refractivity contribution in [3.05, 3.63) is 71.2 Å². The Morgan fingerprint density at radius 1 is 1.16 bits per heavy atom. The Hall–Kier alpha value is -2.72. The molecule has 1 aromatic heterocycles. The Morgan fingerprint density at radius 3 is 2.75 bits per heavy atom. The first kappa shape index (κ1) is 22.5. The molecule has 1 aliphatic rings. The predicted molar refractivity (Wildman–Crippen MR) is 124 cm³/mol. The number of aryl methyl sites for hydroxylation is 1. The minimum Gasteiger partial charge on any atom is -0.368 e. The number of fused-ring (bicyclic) bond motifs is 1. The van der Waals surface area contributed by atoms with Crippen LogP contribution in [0.15, 0.2) is 48.7 Å². The van der Waals surface area contributed by atoms with Gasteiger partial charge in [0.2, 0.25) is 11.3 Å². The smallest absolute Gasteiger partial charge is 0.231 e. The molecule has 2 aromatic carbocycles. The van der Waals surface area contributed by atoms with Crippen molar-refractivity contribution >= 4 is 33.6 Å². The Kier molecular flexibility index (Phi) is 7.21. The van der Waals surface area contributed by atoms with Crippen molar-refractivity contribution in [2.75, 3.05) is 37.6 Å². The standard InChI is InChI=1S/C23H25FN4O3S/c24-20-11-16(2-1-5-27-32(30)31)10-19(13-20)23(29)17-3-4-22-18(12-17)14-21(15-26-22)28-8-6-25-7-9-28/h3-4,10-15,25,27H,1-2,5-9H2,(H,30,31). The summed E-state index contributed by atoms with van der Waals surface area (Å²) in [6.45, 7) is 3.97. The number of aromatic nitrogens is 1. The summed E-state index contributed by atoms with van der Waals surface area (Å²) in [7, 11) is 0. The van der Waals surface area contributed by atoms with Gasteiger partial charge in [-0.2, -0.15) is 0 Å². The van der Waals surface area contributed by atoms with Crippen LogP contribution >= 0.6 is 0 Å². The molecule has 32 heavy (non-hydrogen) atoms. The van der Waals surface area contributed by atoms with Gasteiger partial charge in [-0.25, -0.2) is 13.3 Å². The van der Waals surface area contributed by atoms with Crippen molar-refractivity contribution in [3.8, 4) is 0 Å². The number of piperazine rings is 1. The zero-order chi connectivity index (χ0) is 22.5. The minimum atomic E-state index is -2.07. The van der Waals surface area contributed by atoms with Crippen LogP contribution in [0.25, 0.3) is 10.9 Å². The molecule has 1 atom stereocenters. The van der Waals surface area contributed by atoms with Crippen molar-refractivity contribution < 1.29 is 17.9 Å². The normalized spacial score (nSPS) is 15.1. The highest BCUT2D eigenvalue weighted by atomic mass is 32.2. The molecule has 1 unspecified atom stereocenters. The van der Waals surface area contributed by atoms with Crippen LogP contribution < -0.4 is 14.9 Å². The third-order valence-electron chi connectivity index (χ3n) is 5.50. The monoisotopic (exact) mass is 456 g/mol. The van der Waals surface area contributed by atoms with Gasteiger partial charge in [0.25, 0.3) is 0 Å². The summed E-state index contributed by atoms with van der Waals surface area (Å²) >= 11 is -2.07. The number of benzene rings is 2. The number of pyridine rings is 1. The van der Waals surface area contributed by atoms with Crippen LogP contribution in [-0.2, 0) is 17.7 Å². The van der Waals surface area contributed by atoms with E-state index in [0.717, 1.165) is 42.8 Å². The number of hydrogen-bond donors (Lipinski definition) is 3. The van der Waals surface area contributed by atoms with Gasteiger partial charge < -0.3 is 10.2 Å². The van der Waals surface area contributed by atoms with E-state index in [-0.39, 0.29) is 11.3 Å². The molecule has 7 nitrogen and oxygen atoms in total. The first-order valence-electron chi connectivity index (χ1n) is 10.5. The predicted octanol–water partition coefficient (Wildman–Crippen LogP) is 2.67. The molecule has 3 N–H and O–H groups in total. The quantitative estimate of drug-likeness (QED) is 0.274. The molecule has 1 saturated heterocycles. The van der Waals surface area contributed by atoms with Crippen LogP contribution in [0.3, 0.4) is 0 Å². The fraction of sp³-hybridized carbons (Fsp3) is 0.304. The minimum absolute atomic E-state index is 0.255. The second-order valence-electron chi connectivity index (χ2n) is 7.76. The molecule has 9 heteroatoms. The van der Waals surface area contributed by atoms with Gasteiger partial charge in [0.05, 0.1) is 17.4 Å². The molecule has 0 amide bonds. The summed E-state index contributed by atoms with van der Waals surface area (Å²) in [5.74, 6) is -0.734. The van der Waals surface area contributed by atoms with Gasteiger partial charge in [0, 0.05) is 49.2 Å². The molecule has 0 spiro atoms. The first-order chi connectivity index (χ1) is 15.5. The van der Waals surface area contributed by atoms with Crippen LogP contribution in [0.1, 0.15) is 27.9 Å². The Bertz CT molecular complexity index is 1150. The summed E-state index contributed by atoms with van der Waals surface area (Å²) in [5, 5.41) is 4.20. The van der Waals surface area contributed by atoms with E-state index in [1.807, 2.05) is 18.3 Å². The molecule has 0 radical (unpaired) electrons. The molecular weight excluding hydrogens is 431 g/mol. The maximum absolute atomic E-state index is 14.2. The Balaban J connectivity index is 1.55. The van der Waals surface area contributed by atoms with E-state index in [1.165, 1.54) is 12.1 Å². The highest BCUT2D eigenvalue weighted by Crippen LogP contribution is 2.23. The third kappa shape index (κ3) is 5.55. The van der Waals surface area contributed by atoms with Crippen molar-refractivity contribution in [3.63, 3.8) is 0 Å². The van der Waals surface area contributed by atoms with Crippen molar-refractivity contribution in [2.24, 2.45) is 0 Å². The van der Waals surface area contributed by atoms with Gasteiger partial charge in [0.15, 0.2) is 5.78 Å². The number of anilines is 1. The molecule has 0 saturated carbocycles. The van der Waals surface area contributed by atoms with Crippen LogP contribution in [0, 0.1) is 5.82 Å². The zero-order valence-electron chi connectivity index (χ0n) is 17.5. The van der Waals surface area contributed by atoms with Gasteiger partial charge in [-0.3, -0.25) is 14.3 Å². The van der Waals surface area contributed by atoms with Gasteiger partial charge in [-0.15, -0.1) is 0 Å². The Labute approximate surface area is 188 Å². The maximum atomic E-state index is 14.2. The van der Waals surface area contributed by atoms with Crippen molar-refractivity contribution in [1.29, 1.82) is 0 Å². The van der Waals surface area contributed by atoms with E-state index >= 15 is 0 Å². The van der Waals surface area contributed by atoms with E-state index in [4.69, 9.17) is 4.55 Å². The molecule has 168 valence electrons. The number of hydrogen-bond acceptors (Lipinski definition) is 5. The lowest BCUT2D eigenvalue weighted by molar-refractivity contribution is 0.103. The average molecular weight is 457 g/mol. The summed E-state index contributed by atoms with van der Waals surface area (Å²) in [6, 6.07) is 11.7. The lowest BCUT2D eigenvalue weighted by Crippen LogP contribution is -2.43. The fourth-order valence-electron chi connectivity index (χ4n) is 3.90. The number of carbonyl (C=O) groups is 1. The highest BCUT2D eigenvalue weighted by molar-refractivity contribution is 7.77. The molecule has 1 fully saturated rings. The number of nitrogens with one attached hydrogen (secondary N) is 2. The number of rotatable bonds is 8. The molecule has 4 rings (SSSR count). The topological polar surface area (TPSA) is 94.6 Å². The molecule has 1 aliphatic heterocycles. The maximum Gasteiger partial charge on any atom is 0.231 e. The summed E-state index contributed by atoms with van der Waals surface area (Å²) < 4.78 is 36.0. The van der Waals surface area contributed by atoms with Gasteiger partial charge in [-0.05, 0) is 60.9 Å².